The minimum atomic E-state index is 0.471. The summed E-state index contributed by atoms with van der Waals surface area (Å²) in [6.45, 7) is 0.471. The summed E-state index contributed by atoms with van der Waals surface area (Å²) >= 11 is 6.95. The van der Waals surface area contributed by atoms with Gasteiger partial charge >= 0.3 is 0 Å². The third-order valence-electron chi connectivity index (χ3n) is 2.09. The average molecular weight is 331 g/mol. The minimum Gasteiger partial charge on any atom is -0.325 e. The Morgan fingerprint density at radius 2 is 2.13 bits per heavy atom. The number of hydrogen-bond donors (Lipinski definition) is 1. The highest BCUT2D eigenvalue weighted by atomic mass is 79.9. The van der Waals surface area contributed by atoms with Crippen molar-refractivity contribution in [3.8, 4) is 5.69 Å². The van der Waals surface area contributed by atoms with Crippen molar-refractivity contribution < 1.29 is 0 Å². The summed E-state index contributed by atoms with van der Waals surface area (Å²) in [5.74, 6) is 0. The molecule has 0 saturated carbocycles. The molecule has 2 aromatic rings. The summed E-state index contributed by atoms with van der Waals surface area (Å²) in [5.41, 5.74) is 7.64. The Morgan fingerprint density at radius 3 is 2.87 bits per heavy atom. The van der Waals surface area contributed by atoms with Crippen molar-refractivity contribution in [3.63, 3.8) is 0 Å². The smallest absolute Gasteiger partial charge is 0.0995 e. The molecule has 1 heterocycles. The van der Waals surface area contributed by atoms with E-state index in [9.17, 15) is 0 Å². The second-order valence-electron chi connectivity index (χ2n) is 3.05. The van der Waals surface area contributed by atoms with E-state index >= 15 is 0 Å². The standard InChI is InChI=1S/C10H9Br2N3/c11-7-1-2-9(12)10(3-7)15-6-14-5-8(15)4-13/h1-3,5-6H,4,13H2. The average Bonchev–Trinajstić information content (AvgIpc) is 2.69. The lowest BCUT2D eigenvalue weighted by atomic mass is 10.3. The Morgan fingerprint density at radius 1 is 1.33 bits per heavy atom. The van der Waals surface area contributed by atoms with Crippen LogP contribution in [0.5, 0.6) is 0 Å². The van der Waals surface area contributed by atoms with E-state index in [1.54, 1.807) is 12.5 Å². The zero-order chi connectivity index (χ0) is 10.8. The number of imidazole rings is 1. The first kappa shape index (κ1) is 10.9. The molecule has 78 valence electrons. The van der Waals surface area contributed by atoms with E-state index < -0.39 is 0 Å². The molecule has 0 atom stereocenters. The number of hydrogen-bond acceptors (Lipinski definition) is 2. The van der Waals surface area contributed by atoms with Crippen molar-refractivity contribution in [1.82, 2.24) is 9.55 Å². The minimum absolute atomic E-state index is 0.471. The van der Waals surface area contributed by atoms with Crippen molar-refractivity contribution in [2.75, 3.05) is 0 Å². The number of nitrogens with zero attached hydrogens (tertiary/aromatic N) is 2. The van der Waals surface area contributed by atoms with Gasteiger partial charge in [-0.25, -0.2) is 4.98 Å². The molecular weight excluding hydrogens is 322 g/mol. The molecule has 0 spiro atoms. The third-order valence-corrected chi connectivity index (χ3v) is 3.26. The molecule has 1 aromatic heterocycles. The first-order chi connectivity index (χ1) is 7.22. The van der Waals surface area contributed by atoms with Crippen molar-refractivity contribution >= 4 is 31.9 Å². The largest absolute Gasteiger partial charge is 0.325 e. The highest BCUT2D eigenvalue weighted by molar-refractivity contribution is 9.11. The van der Waals surface area contributed by atoms with E-state index in [-0.39, 0.29) is 0 Å². The van der Waals surface area contributed by atoms with Gasteiger partial charge in [0.05, 0.1) is 17.7 Å². The first-order valence-electron chi connectivity index (χ1n) is 4.39. The van der Waals surface area contributed by atoms with Gasteiger partial charge in [0.1, 0.15) is 0 Å². The lowest BCUT2D eigenvalue weighted by molar-refractivity contribution is 0.906. The van der Waals surface area contributed by atoms with Gasteiger partial charge in [-0.3, -0.25) is 0 Å². The van der Waals surface area contributed by atoms with Crippen LogP contribution in [0.2, 0.25) is 0 Å². The van der Waals surface area contributed by atoms with Gasteiger partial charge in [-0.1, -0.05) is 15.9 Å². The Balaban J connectivity index is 2.58. The maximum Gasteiger partial charge on any atom is 0.0995 e. The number of benzene rings is 1. The van der Waals surface area contributed by atoms with Gasteiger partial charge in [0.15, 0.2) is 0 Å². The van der Waals surface area contributed by atoms with Gasteiger partial charge in [0.25, 0.3) is 0 Å². The number of nitrogens with two attached hydrogens (primary N) is 1. The van der Waals surface area contributed by atoms with Crippen LogP contribution >= 0.6 is 31.9 Å². The SMILES string of the molecule is NCc1cncn1-c1cc(Br)ccc1Br. The summed E-state index contributed by atoms with van der Waals surface area (Å²) < 4.78 is 4.00. The van der Waals surface area contributed by atoms with Crippen molar-refractivity contribution in [2.45, 2.75) is 6.54 Å². The monoisotopic (exact) mass is 329 g/mol. The number of halogens is 2. The van der Waals surface area contributed by atoms with Crippen LogP contribution in [0, 0.1) is 0 Å². The van der Waals surface area contributed by atoms with E-state index in [0.29, 0.717) is 6.54 Å². The van der Waals surface area contributed by atoms with Crippen molar-refractivity contribution in [3.05, 3.63) is 45.4 Å². The van der Waals surface area contributed by atoms with Gasteiger partial charge in [0, 0.05) is 21.7 Å². The first-order valence-corrected chi connectivity index (χ1v) is 5.97. The van der Waals surface area contributed by atoms with Crippen LogP contribution in [0.3, 0.4) is 0 Å². The van der Waals surface area contributed by atoms with E-state index in [1.807, 2.05) is 22.8 Å². The summed E-state index contributed by atoms with van der Waals surface area (Å²) in [6.07, 6.45) is 3.53. The van der Waals surface area contributed by atoms with Gasteiger partial charge in [-0.2, -0.15) is 0 Å². The fourth-order valence-electron chi connectivity index (χ4n) is 1.36. The predicted octanol–water partition coefficient (Wildman–Crippen LogP) is 2.86. The van der Waals surface area contributed by atoms with E-state index in [1.165, 1.54) is 0 Å². The highest BCUT2D eigenvalue weighted by Crippen LogP contribution is 2.25. The molecule has 15 heavy (non-hydrogen) atoms. The zero-order valence-corrected chi connectivity index (χ0v) is 11.0. The number of aromatic nitrogens is 2. The zero-order valence-electron chi connectivity index (χ0n) is 7.82. The lowest BCUT2D eigenvalue weighted by Gasteiger charge is -2.09. The molecule has 0 unspecified atom stereocenters. The molecular formula is C10H9Br2N3. The molecule has 3 nitrogen and oxygen atoms in total. The Kier molecular flexibility index (Phi) is 3.23. The summed E-state index contributed by atoms with van der Waals surface area (Å²) in [6, 6.07) is 5.98. The molecule has 0 bridgehead atoms. The van der Waals surface area contributed by atoms with Crippen LogP contribution in [-0.4, -0.2) is 9.55 Å². The highest BCUT2D eigenvalue weighted by Gasteiger charge is 2.06. The van der Waals surface area contributed by atoms with Crippen LogP contribution in [0.1, 0.15) is 5.69 Å². The number of rotatable bonds is 2. The van der Waals surface area contributed by atoms with Crippen LogP contribution in [0.25, 0.3) is 5.69 Å². The van der Waals surface area contributed by atoms with E-state index in [0.717, 1.165) is 20.3 Å². The molecule has 0 amide bonds. The predicted molar refractivity (Wildman–Crippen MR) is 66.9 cm³/mol. The topological polar surface area (TPSA) is 43.8 Å². The van der Waals surface area contributed by atoms with Crippen molar-refractivity contribution in [1.29, 1.82) is 0 Å². The van der Waals surface area contributed by atoms with Crippen molar-refractivity contribution in [2.24, 2.45) is 5.73 Å². The van der Waals surface area contributed by atoms with Crippen LogP contribution in [-0.2, 0) is 6.54 Å². The molecule has 2 rings (SSSR count). The summed E-state index contributed by atoms with van der Waals surface area (Å²) in [5, 5.41) is 0. The van der Waals surface area contributed by atoms with Gasteiger partial charge < -0.3 is 10.3 Å². The normalized spacial score (nSPS) is 10.6. The lowest BCUT2D eigenvalue weighted by Crippen LogP contribution is -2.05. The molecule has 5 heteroatoms. The molecule has 0 saturated heterocycles. The second kappa shape index (κ2) is 4.47. The Bertz CT molecular complexity index is 479. The fourth-order valence-corrected chi connectivity index (χ4v) is 2.15. The second-order valence-corrected chi connectivity index (χ2v) is 4.82. The molecule has 0 aliphatic rings. The maximum absolute atomic E-state index is 5.63. The van der Waals surface area contributed by atoms with Crippen LogP contribution in [0.4, 0.5) is 0 Å². The van der Waals surface area contributed by atoms with Gasteiger partial charge in [-0.05, 0) is 34.1 Å². The third kappa shape index (κ3) is 2.14. The molecule has 0 aliphatic heterocycles. The van der Waals surface area contributed by atoms with Gasteiger partial charge in [-0.15, -0.1) is 0 Å². The molecule has 1 aromatic carbocycles. The molecule has 0 fully saturated rings. The van der Waals surface area contributed by atoms with Crippen LogP contribution in [0.15, 0.2) is 39.7 Å². The maximum atomic E-state index is 5.63. The Hall–Kier alpha value is -0.650. The molecule has 0 radical (unpaired) electrons. The van der Waals surface area contributed by atoms with Gasteiger partial charge in [0.2, 0.25) is 0 Å². The van der Waals surface area contributed by atoms with E-state index in [2.05, 4.69) is 36.8 Å². The van der Waals surface area contributed by atoms with E-state index in [4.69, 9.17) is 5.73 Å². The molecule has 0 aliphatic carbocycles. The quantitative estimate of drug-likeness (QED) is 0.920. The fraction of sp³-hybridized carbons (Fsp3) is 0.100. The van der Waals surface area contributed by atoms with Crippen LogP contribution < -0.4 is 5.73 Å². The molecule has 2 N–H and O–H groups in total. The Labute approximate surface area is 105 Å². The summed E-state index contributed by atoms with van der Waals surface area (Å²) in [7, 11) is 0. The summed E-state index contributed by atoms with van der Waals surface area (Å²) in [4.78, 5) is 4.09.